The molecule has 0 saturated heterocycles. The number of hydrogen-bond donors (Lipinski definition) is 0. The van der Waals surface area contributed by atoms with Crippen LogP contribution in [0.2, 0.25) is 0 Å². The predicted molar refractivity (Wildman–Crippen MR) is 447 cm³/mol. The summed E-state index contributed by atoms with van der Waals surface area (Å²) < 4.78 is 0. The lowest BCUT2D eigenvalue weighted by atomic mass is 9.29. The fourth-order valence-electron chi connectivity index (χ4n) is 20.1. The van der Waals surface area contributed by atoms with Crippen LogP contribution in [0.3, 0.4) is 0 Å². The molecule has 15 aromatic rings. The Bertz CT molecular complexity index is 4860. The Kier molecular flexibility index (Phi) is 17.0. The first-order valence-corrected chi connectivity index (χ1v) is 36.4. The highest BCUT2D eigenvalue weighted by Crippen LogP contribution is 2.32. The fraction of sp³-hybridized carbons (Fsp3) is 0.188. The summed E-state index contributed by atoms with van der Waals surface area (Å²) in [6.07, 6.45) is 0. The zero-order chi connectivity index (χ0) is 70.0. The van der Waals surface area contributed by atoms with Crippen molar-refractivity contribution in [1.82, 2.24) is 0 Å². The summed E-state index contributed by atoms with van der Waals surface area (Å²) in [5.41, 5.74) is 40.0. The highest BCUT2D eigenvalue weighted by atomic mass is 14.3. The Morgan fingerprint density at radius 3 is 0.320 bits per heavy atom. The highest BCUT2D eigenvalue weighted by molar-refractivity contribution is 7.07. The molecule has 15 aromatic carbocycles. The van der Waals surface area contributed by atoms with Gasteiger partial charge in [-0.25, -0.2) is 0 Å². The summed E-state index contributed by atoms with van der Waals surface area (Å²) in [5.74, 6) is 0. The molecule has 0 fully saturated rings. The Morgan fingerprint density at radius 1 is 0.130 bits per heavy atom. The van der Waals surface area contributed by atoms with Gasteiger partial charge < -0.3 is 0 Å². The van der Waals surface area contributed by atoms with Crippen LogP contribution in [-0.4, -0.2) is 26.9 Å². The normalized spacial score (nSPS) is 11.7. The minimum Gasteiger partial charge on any atom is -0.0628 e. The van der Waals surface area contributed by atoms with Crippen molar-refractivity contribution in [3.63, 3.8) is 0 Å². The molecule has 0 spiro atoms. The molecule has 0 amide bonds. The van der Waals surface area contributed by atoms with Crippen molar-refractivity contribution in [2.24, 2.45) is 0 Å². The minimum absolute atomic E-state index is 0.0796. The van der Waals surface area contributed by atoms with Crippen LogP contribution in [-0.2, 0) is 0 Å². The number of benzene rings is 15. The molecular weight excluding hydrogens is 1200 g/mol. The number of aryl methyl sites for hydroxylation is 18. The van der Waals surface area contributed by atoms with Crippen LogP contribution < -0.4 is 65.6 Å². The molecule has 0 atom stereocenters. The van der Waals surface area contributed by atoms with Crippen LogP contribution in [0, 0.1) is 125 Å². The maximum absolute atomic E-state index is 2.50. The Balaban J connectivity index is 1.18. The SMILES string of the molecule is Cc1cc(C)c(B(c2c(C)cc(C)cc2C)c2c3ccccc3c(B(c3c4ccccc4c(B(c4c(C)cc(C)cc4C)c4c(C)cc(C)cc4C)c4ccccc34)c3c4ccccc4c(B(c4c(C)cc(C)cc4C)c4c(C)cc(C)cc4C)c4ccccc34)c3ccccc23)c(C)c1. The standard InChI is InChI=1S/C96H90B4/c1-55-43-61(7)85(62(8)44-55)97(86-63(9)45-56(2)46-64(86)10)91-73-31-19-25-37-79(73)94(80-38-26-20-32-74(80)91)100(95-81-39-27-21-33-75(81)92(76-34-22-28-40-82(76)95)98(87-65(11)47-57(3)48-66(87)12)88-67(13)49-58(4)50-68(88)14)96-83-41-29-23-35-77(83)93(78-36-24-30-42-84(78)96)99(89-69(15)51-59(5)52-70(89)16)90-71(17)53-60(6)54-72(90)18/h19-54H,1-18H3. The van der Waals surface area contributed by atoms with Crippen LogP contribution >= 0.6 is 0 Å². The smallest absolute Gasteiger partial charge is 0.0628 e. The van der Waals surface area contributed by atoms with E-state index < -0.39 is 0 Å². The number of hydrogen-bond acceptors (Lipinski definition) is 0. The number of fused-ring (bicyclic) bond motifs is 6. The summed E-state index contributed by atoms with van der Waals surface area (Å²) >= 11 is 0. The fourth-order valence-corrected chi connectivity index (χ4v) is 20.1. The summed E-state index contributed by atoms with van der Waals surface area (Å²) in [6, 6.07) is 86.7. The molecule has 0 unspecified atom stereocenters. The highest BCUT2D eigenvalue weighted by Gasteiger charge is 2.41. The third-order valence-corrected chi connectivity index (χ3v) is 22.9. The third-order valence-electron chi connectivity index (χ3n) is 22.9. The minimum atomic E-state index is -0.339. The van der Waals surface area contributed by atoms with Crippen molar-refractivity contribution in [2.75, 3.05) is 0 Å². The topological polar surface area (TPSA) is 0 Å². The molecular formula is C96H90B4. The molecule has 0 aromatic heterocycles. The maximum atomic E-state index is 2.50. The summed E-state index contributed by atoms with van der Waals surface area (Å²) in [6.45, 7) is 41.2. The van der Waals surface area contributed by atoms with Gasteiger partial charge in [-0.2, -0.15) is 0 Å². The number of rotatable bonds is 12. The molecule has 0 saturated carbocycles. The van der Waals surface area contributed by atoms with E-state index in [4.69, 9.17) is 0 Å². The van der Waals surface area contributed by atoms with E-state index in [2.05, 4.69) is 343 Å². The van der Waals surface area contributed by atoms with Gasteiger partial charge in [0.25, 0.3) is 0 Å². The maximum Gasteiger partial charge on any atom is 0.246 e. The molecule has 100 heavy (non-hydrogen) atoms. The van der Waals surface area contributed by atoms with Gasteiger partial charge in [-0.3, -0.25) is 0 Å². The molecule has 486 valence electrons. The van der Waals surface area contributed by atoms with Crippen LogP contribution in [0.4, 0.5) is 0 Å². The molecule has 15 rings (SSSR count). The van der Waals surface area contributed by atoms with Crippen molar-refractivity contribution in [2.45, 2.75) is 125 Å². The van der Waals surface area contributed by atoms with E-state index in [0.29, 0.717) is 0 Å². The third kappa shape index (κ3) is 10.9. The van der Waals surface area contributed by atoms with Crippen molar-refractivity contribution in [3.8, 4) is 0 Å². The molecule has 0 aliphatic heterocycles. The zero-order valence-corrected chi connectivity index (χ0v) is 62.1. The molecule has 0 bridgehead atoms. The van der Waals surface area contributed by atoms with Gasteiger partial charge in [0, 0.05) is 0 Å². The van der Waals surface area contributed by atoms with Crippen LogP contribution in [0.5, 0.6) is 0 Å². The van der Waals surface area contributed by atoms with Crippen LogP contribution in [0.1, 0.15) is 100 Å². The second-order valence-electron chi connectivity index (χ2n) is 30.4. The molecule has 0 radical (unpaired) electrons. The van der Waals surface area contributed by atoms with E-state index >= 15 is 0 Å². The van der Waals surface area contributed by atoms with E-state index in [1.165, 1.54) is 230 Å². The molecule has 0 aliphatic rings. The van der Waals surface area contributed by atoms with Crippen LogP contribution in [0.15, 0.2) is 218 Å². The Morgan fingerprint density at radius 2 is 0.220 bits per heavy atom. The van der Waals surface area contributed by atoms with Gasteiger partial charge in [-0.05, 0) is 189 Å². The first-order valence-electron chi connectivity index (χ1n) is 36.4. The lowest BCUT2D eigenvalue weighted by Crippen LogP contribution is -2.60. The van der Waals surface area contributed by atoms with Crippen LogP contribution in [0.25, 0.3) is 64.6 Å². The first kappa shape index (κ1) is 66.0. The lowest BCUT2D eigenvalue weighted by Gasteiger charge is -2.32. The molecule has 4 heteroatoms. The average molecular weight is 1290 g/mol. The molecule has 0 heterocycles. The van der Waals surface area contributed by atoms with Gasteiger partial charge in [0.15, 0.2) is 0 Å². The first-order chi connectivity index (χ1) is 48.1. The second kappa shape index (κ2) is 25.7. The van der Waals surface area contributed by atoms with Gasteiger partial charge in [0.1, 0.15) is 0 Å². The van der Waals surface area contributed by atoms with E-state index in [0.717, 1.165) is 0 Å². The van der Waals surface area contributed by atoms with E-state index in [1.54, 1.807) is 0 Å². The monoisotopic (exact) mass is 1290 g/mol. The summed E-state index contributed by atoms with van der Waals surface area (Å²) in [5, 5.41) is 15.3. The van der Waals surface area contributed by atoms with Crippen molar-refractivity contribution in [1.29, 1.82) is 0 Å². The molecule has 0 nitrogen and oxygen atoms in total. The average Bonchev–Trinajstić information content (AvgIpc) is 0.698. The van der Waals surface area contributed by atoms with Crippen molar-refractivity contribution < 1.29 is 0 Å². The largest absolute Gasteiger partial charge is 0.246 e. The van der Waals surface area contributed by atoms with Gasteiger partial charge in [0.05, 0.1) is 0 Å². The van der Waals surface area contributed by atoms with E-state index in [9.17, 15) is 0 Å². The summed E-state index contributed by atoms with van der Waals surface area (Å²) in [4.78, 5) is 0. The summed E-state index contributed by atoms with van der Waals surface area (Å²) in [7, 11) is 0. The zero-order valence-electron chi connectivity index (χ0n) is 62.1. The van der Waals surface area contributed by atoms with Gasteiger partial charge in [-0.15, -0.1) is 0 Å². The second-order valence-corrected chi connectivity index (χ2v) is 30.4. The quantitative estimate of drug-likeness (QED) is 0.0845. The Hall–Kier alpha value is -9.88. The van der Waals surface area contributed by atoms with Crippen molar-refractivity contribution >= 4 is 157 Å². The van der Waals surface area contributed by atoms with Gasteiger partial charge >= 0.3 is 0 Å². The lowest BCUT2D eigenvalue weighted by molar-refractivity contribution is 1.34. The van der Waals surface area contributed by atoms with E-state index in [1.807, 2.05) is 0 Å². The van der Waals surface area contributed by atoms with Gasteiger partial charge in [-0.1, -0.05) is 384 Å². The van der Waals surface area contributed by atoms with Crippen molar-refractivity contribution in [3.05, 3.63) is 319 Å². The van der Waals surface area contributed by atoms with E-state index in [-0.39, 0.29) is 26.9 Å². The Labute approximate surface area is 596 Å². The van der Waals surface area contributed by atoms with Gasteiger partial charge in [0.2, 0.25) is 26.9 Å². The molecule has 0 aliphatic carbocycles. The molecule has 0 N–H and O–H groups in total. The predicted octanol–water partition coefficient (Wildman–Crippen LogP) is 16.2.